The van der Waals surface area contributed by atoms with Crippen LogP contribution in [0.15, 0.2) is 35.0 Å². The van der Waals surface area contributed by atoms with Gasteiger partial charge >= 0.3 is 11.9 Å². The van der Waals surface area contributed by atoms with Gasteiger partial charge in [-0.05, 0) is 23.8 Å². The number of nitrogens with two attached hydrogens (primary N) is 3. The number of carboxylic acids is 1. The van der Waals surface area contributed by atoms with Gasteiger partial charge in [0.1, 0.15) is 11.6 Å². The van der Waals surface area contributed by atoms with E-state index in [1.54, 1.807) is 12.1 Å². The van der Waals surface area contributed by atoms with Crippen LogP contribution in [0.25, 0.3) is 11.1 Å². The van der Waals surface area contributed by atoms with E-state index in [1.165, 1.54) is 18.3 Å². The standard InChI is InChI=1S/C12H11FN4O.C7H10N2O3/c13-9-5-6(1-2-8(9)12(16)18)7-3-4-17-11(15)10(7)14;1-7(2,3)6-8-4(5(10)11)12-9-6/h1-5H,14H2,(H2,15,17)(H2,16,18);1-3H3,(H,10,11). The fraction of sp³-hybridized carbons (Fsp3) is 0.211. The lowest BCUT2D eigenvalue weighted by Gasteiger charge is -2.10. The third kappa shape index (κ3) is 5.07. The predicted molar refractivity (Wildman–Crippen MR) is 107 cm³/mol. The second kappa shape index (κ2) is 8.55. The Balaban J connectivity index is 0.000000232. The minimum Gasteiger partial charge on any atom is -0.474 e. The van der Waals surface area contributed by atoms with E-state index in [2.05, 4.69) is 19.6 Å². The van der Waals surface area contributed by atoms with Crippen LogP contribution in [0, 0.1) is 5.82 Å². The molecule has 2 heterocycles. The second-order valence-corrected chi connectivity index (χ2v) is 7.19. The average molecular weight is 416 g/mol. The SMILES string of the molecule is CC(C)(C)c1noc(C(=O)O)n1.NC(=O)c1ccc(-c2ccnc(N)c2N)cc1F. The van der Waals surface area contributed by atoms with Crippen molar-refractivity contribution in [3.05, 3.63) is 53.6 Å². The topological polar surface area (TPSA) is 184 Å². The maximum atomic E-state index is 13.6. The first kappa shape index (κ1) is 22.3. The summed E-state index contributed by atoms with van der Waals surface area (Å²) in [5.74, 6) is -2.50. The normalized spacial score (nSPS) is 10.8. The maximum Gasteiger partial charge on any atom is 0.394 e. The fourth-order valence-corrected chi connectivity index (χ4v) is 2.24. The van der Waals surface area contributed by atoms with Crippen molar-refractivity contribution in [1.82, 2.24) is 15.1 Å². The third-order valence-corrected chi connectivity index (χ3v) is 3.85. The predicted octanol–water partition coefficient (Wildman–Crippen LogP) is 2.22. The van der Waals surface area contributed by atoms with Gasteiger partial charge in [0, 0.05) is 17.2 Å². The van der Waals surface area contributed by atoms with Crippen molar-refractivity contribution in [2.75, 3.05) is 11.5 Å². The molecule has 10 nitrogen and oxygen atoms in total. The van der Waals surface area contributed by atoms with Crippen LogP contribution in [0.4, 0.5) is 15.9 Å². The van der Waals surface area contributed by atoms with Crippen LogP contribution in [0.2, 0.25) is 0 Å². The average Bonchev–Trinajstić information content (AvgIpc) is 3.15. The molecule has 2 aromatic heterocycles. The van der Waals surface area contributed by atoms with Gasteiger partial charge in [-0.2, -0.15) is 4.98 Å². The van der Waals surface area contributed by atoms with E-state index in [-0.39, 0.29) is 28.4 Å². The zero-order chi connectivity index (χ0) is 22.6. The lowest BCUT2D eigenvalue weighted by atomic mass is 9.96. The number of carbonyl (C=O) groups excluding carboxylic acids is 1. The van der Waals surface area contributed by atoms with Crippen LogP contribution >= 0.6 is 0 Å². The summed E-state index contributed by atoms with van der Waals surface area (Å²) in [6, 6.07) is 5.66. The Morgan fingerprint density at radius 2 is 1.83 bits per heavy atom. The Kier molecular flexibility index (Phi) is 6.35. The Bertz CT molecular complexity index is 1090. The number of benzene rings is 1. The number of pyridine rings is 1. The van der Waals surface area contributed by atoms with Gasteiger partial charge in [-0.25, -0.2) is 14.2 Å². The van der Waals surface area contributed by atoms with Crippen molar-refractivity contribution >= 4 is 23.4 Å². The van der Waals surface area contributed by atoms with Crippen LogP contribution in [0.1, 0.15) is 47.6 Å². The molecule has 3 rings (SSSR count). The molecule has 0 spiro atoms. The summed E-state index contributed by atoms with van der Waals surface area (Å²) in [6.45, 7) is 5.64. The minimum atomic E-state index is -1.20. The van der Waals surface area contributed by atoms with Crippen LogP contribution < -0.4 is 17.2 Å². The summed E-state index contributed by atoms with van der Waals surface area (Å²) in [4.78, 5) is 28.8. The number of hydrogen-bond acceptors (Lipinski definition) is 8. The van der Waals surface area contributed by atoms with E-state index < -0.39 is 17.7 Å². The first-order valence-electron chi connectivity index (χ1n) is 8.59. The molecule has 30 heavy (non-hydrogen) atoms. The summed E-state index contributed by atoms with van der Waals surface area (Å²) >= 11 is 0. The number of rotatable bonds is 3. The number of aromatic nitrogens is 3. The van der Waals surface area contributed by atoms with Gasteiger partial charge in [0.25, 0.3) is 5.91 Å². The molecule has 0 saturated heterocycles. The van der Waals surface area contributed by atoms with Crippen LogP contribution in [0.5, 0.6) is 0 Å². The number of halogens is 1. The van der Waals surface area contributed by atoms with Crippen molar-refractivity contribution in [2.24, 2.45) is 5.73 Å². The third-order valence-electron chi connectivity index (χ3n) is 3.85. The number of carboxylic acid groups (broad SMARTS) is 1. The molecule has 3 aromatic rings. The van der Waals surface area contributed by atoms with Crippen molar-refractivity contribution in [3.63, 3.8) is 0 Å². The molecule has 0 fully saturated rings. The number of anilines is 2. The zero-order valence-electron chi connectivity index (χ0n) is 16.5. The van der Waals surface area contributed by atoms with Crippen molar-refractivity contribution < 1.29 is 23.6 Å². The molecular formula is C19H21FN6O4. The maximum absolute atomic E-state index is 13.6. The molecule has 0 unspecified atom stereocenters. The summed E-state index contributed by atoms with van der Waals surface area (Å²) in [5, 5.41) is 12.0. The molecular weight excluding hydrogens is 395 g/mol. The Hall–Kier alpha value is -4.02. The van der Waals surface area contributed by atoms with Crippen LogP contribution in [-0.4, -0.2) is 32.1 Å². The van der Waals surface area contributed by atoms with Gasteiger partial charge in [-0.1, -0.05) is 32.0 Å². The highest BCUT2D eigenvalue weighted by Crippen LogP contribution is 2.29. The second-order valence-electron chi connectivity index (χ2n) is 7.19. The minimum absolute atomic E-state index is 0.167. The van der Waals surface area contributed by atoms with Gasteiger partial charge in [0.05, 0.1) is 11.3 Å². The highest BCUT2D eigenvalue weighted by molar-refractivity contribution is 5.94. The monoisotopic (exact) mass is 416 g/mol. The van der Waals surface area contributed by atoms with Gasteiger partial charge in [0.2, 0.25) is 0 Å². The summed E-state index contributed by atoms with van der Waals surface area (Å²) in [5.41, 5.74) is 17.2. The lowest BCUT2D eigenvalue weighted by Crippen LogP contribution is -2.13. The molecule has 7 N–H and O–H groups in total. The number of primary amides is 1. The number of nitrogen functional groups attached to an aromatic ring is 2. The Labute approximate surface area is 170 Å². The van der Waals surface area contributed by atoms with E-state index in [0.717, 1.165) is 0 Å². The summed E-state index contributed by atoms with van der Waals surface area (Å²) in [7, 11) is 0. The van der Waals surface area contributed by atoms with E-state index in [1.807, 2.05) is 20.8 Å². The molecule has 11 heteroatoms. The largest absolute Gasteiger partial charge is 0.474 e. The van der Waals surface area contributed by atoms with Crippen molar-refractivity contribution in [1.29, 1.82) is 0 Å². The molecule has 0 atom stereocenters. The van der Waals surface area contributed by atoms with Crippen molar-refractivity contribution in [2.45, 2.75) is 26.2 Å². The highest BCUT2D eigenvalue weighted by atomic mass is 19.1. The molecule has 0 saturated carbocycles. The van der Waals surface area contributed by atoms with E-state index in [9.17, 15) is 14.0 Å². The summed E-state index contributed by atoms with van der Waals surface area (Å²) in [6.07, 6.45) is 1.47. The highest BCUT2D eigenvalue weighted by Gasteiger charge is 2.23. The van der Waals surface area contributed by atoms with Gasteiger partial charge in [0.15, 0.2) is 5.82 Å². The molecule has 0 aliphatic rings. The Morgan fingerprint density at radius 1 is 1.17 bits per heavy atom. The first-order chi connectivity index (χ1) is 13.9. The summed E-state index contributed by atoms with van der Waals surface area (Å²) < 4.78 is 18.1. The van der Waals surface area contributed by atoms with Crippen molar-refractivity contribution in [3.8, 4) is 11.1 Å². The first-order valence-corrected chi connectivity index (χ1v) is 8.59. The van der Waals surface area contributed by atoms with Gasteiger partial charge in [-0.3, -0.25) is 4.79 Å². The zero-order valence-corrected chi connectivity index (χ0v) is 16.5. The number of aromatic carboxylic acids is 1. The number of nitrogens with zero attached hydrogens (tertiary/aromatic N) is 3. The number of amides is 1. The molecule has 0 aliphatic heterocycles. The molecule has 1 amide bonds. The smallest absolute Gasteiger partial charge is 0.394 e. The van der Waals surface area contributed by atoms with E-state index in [0.29, 0.717) is 17.0 Å². The van der Waals surface area contributed by atoms with E-state index >= 15 is 0 Å². The molecule has 0 aliphatic carbocycles. The molecule has 1 aromatic carbocycles. The van der Waals surface area contributed by atoms with Gasteiger partial charge in [-0.15, -0.1) is 0 Å². The fourth-order valence-electron chi connectivity index (χ4n) is 2.24. The van der Waals surface area contributed by atoms with Crippen LogP contribution in [-0.2, 0) is 5.41 Å². The molecule has 0 radical (unpaired) electrons. The lowest BCUT2D eigenvalue weighted by molar-refractivity contribution is 0.0643. The van der Waals surface area contributed by atoms with Gasteiger partial charge < -0.3 is 26.8 Å². The van der Waals surface area contributed by atoms with E-state index in [4.69, 9.17) is 22.3 Å². The van der Waals surface area contributed by atoms with Crippen LogP contribution in [0.3, 0.4) is 0 Å². The molecule has 158 valence electrons. The Morgan fingerprint density at radius 3 is 2.30 bits per heavy atom. The number of carbonyl (C=O) groups is 2. The quantitative estimate of drug-likeness (QED) is 0.497. The molecule has 0 bridgehead atoms. The number of hydrogen-bond donors (Lipinski definition) is 4.